The number of rotatable bonds is 1. The molecule has 2 rings (SSSR count). The molecule has 0 bridgehead atoms. The highest BCUT2D eigenvalue weighted by atomic mass is 16.6. The maximum Gasteiger partial charge on any atom is 0.106 e. The SMILES string of the molecule is CON=C1CCc2cc(C)ccc21. The summed E-state index contributed by atoms with van der Waals surface area (Å²) in [5.74, 6) is 0. The van der Waals surface area contributed by atoms with E-state index >= 15 is 0 Å². The zero-order valence-electron chi connectivity index (χ0n) is 8.00. The molecule has 0 N–H and O–H groups in total. The van der Waals surface area contributed by atoms with Crippen LogP contribution in [0.4, 0.5) is 0 Å². The second-order valence-electron chi connectivity index (χ2n) is 3.38. The minimum Gasteiger partial charge on any atom is -0.399 e. The summed E-state index contributed by atoms with van der Waals surface area (Å²) in [6.45, 7) is 2.12. The first-order valence-corrected chi connectivity index (χ1v) is 4.51. The van der Waals surface area contributed by atoms with E-state index in [0.29, 0.717) is 0 Å². The van der Waals surface area contributed by atoms with Crippen molar-refractivity contribution < 1.29 is 4.84 Å². The Kier molecular flexibility index (Phi) is 2.05. The number of hydrogen-bond donors (Lipinski definition) is 0. The first kappa shape index (κ1) is 8.30. The molecular formula is C11H13NO. The van der Waals surface area contributed by atoms with Crippen molar-refractivity contribution in [3.63, 3.8) is 0 Å². The maximum absolute atomic E-state index is 4.80. The van der Waals surface area contributed by atoms with Gasteiger partial charge in [0.25, 0.3) is 0 Å². The van der Waals surface area contributed by atoms with E-state index in [2.05, 4.69) is 30.3 Å². The van der Waals surface area contributed by atoms with Gasteiger partial charge in [-0.1, -0.05) is 28.9 Å². The average Bonchev–Trinajstić information content (AvgIpc) is 2.49. The summed E-state index contributed by atoms with van der Waals surface area (Å²) < 4.78 is 0. The third-order valence-corrected chi connectivity index (χ3v) is 2.40. The molecule has 0 unspecified atom stereocenters. The van der Waals surface area contributed by atoms with Gasteiger partial charge in [0, 0.05) is 5.56 Å². The zero-order valence-corrected chi connectivity index (χ0v) is 8.00. The largest absolute Gasteiger partial charge is 0.399 e. The summed E-state index contributed by atoms with van der Waals surface area (Å²) in [6.07, 6.45) is 2.10. The van der Waals surface area contributed by atoms with Gasteiger partial charge in [0.2, 0.25) is 0 Å². The summed E-state index contributed by atoms with van der Waals surface area (Å²) in [4.78, 5) is 4.80. The molecule has 0 spiro atoms. The van der Waals surface area contributed by atoms with Crippen LogP contribution in [0.25, 0.3) is 0 Å². The van der Waals surface area contributed by atoms with E-state index in [9.17, 15) is 0 Å². The van der Waals surface area contributed by atoms with Crippen LogP contribution in [-0.2, 0) is 11.3 Å². The van der Waals surface area contributed by atoms with Crippen LogP contribution in [0.3, 0.4) is 0 Å². The molecule has 0 radical (unpaired) electrons. The Bertz CT molecular complexity index is 355. The molecule has 13 heavy (non-hydrogen) atoms. The molecular weight excluding hydrogens is 162 g/mol. The second-order valence-corrected chi connectivity index (χ2v) is 3.38. The molecule has 1 aromatic carbocycles. The van der Waals surface area contributed by atoms with Crippen molar-refractivity contribution in [2.75, 3.05) is 7.11 Å². The minimum atomic E-state index is 1.01. The van der Waals surface area contributed by atoms with Crippen LogP contribution in [-0.4, -0.2) is 12.8 Å². The standard InChI is InChI=1S/C11H13NO/c1-8-3-5-10-9(7-8)4-6-11(10)12-13-2/h3,5,7H,4,6H2,1-2H3. The van der Waals surface area contributed by atoms with Gasteiger partial charge >= 0.3 is 0 Å². The van der Waals surface area contributed by atoms with Gasteiger partial charge in [-0.3, -0.25) is 0 Å². The van der Waals surface area contributed by atoms with Crippen LogP contribution in [0, 0.1) is 6.92 Å². The van der Waals surface area contributed by atoms with E-state index in [0.717, 1.165) is 18.6 Å². The van der Waals surface area contributed by atoms with Gasteiger partial charge in [0.05, 0.1) is 5.71 Å². The fraction of sp³-hybridized carbons (Fsp3) is 0.364. The Hall–Kier alpha value is -1.31. The Labute approximate surface area is 78.2 Å². The van der Waals surface area contributed by atoms with E-state index in [-0.39, 0.29) is 0 Å². The van der Waals surface area contributed by atoms with Crippen LogP contribution in [0.5, 0.6) is 0 Å². The van der Waals surface area contributed by atoms with Crippen molar-refractivity contribution >= 4 is 5.71 Å². The predicted molar refractivity (Wildman–Crippen MR) is 53.0 cm³/mol. The lowest BCUT2D eigenvalue weighted by Gasteiger charge is -2.00. The number of hydrogen-bond acceptors (Lipinski definition) is 2. The fourth-order valence-electron chi connectivity index (χ4n) is 1.80. The van der Waals surface area contributed by atoms with Crippen molar-refractivity contribution in [1.29, 1.82) is 0 Å². The first-order chi connectivity index (χ1) is 6.31. The number of nitrogens with zero attached hydrogens (tertiary/aromatic N) is 1. The summed E-state index contributed by atoms with van der Waals surface area (Å²) in [5, 5.41) is 4.01. The fourth-order valence-corrected chi connectivity index (χ4v) is 1.80. The Morgan fingerprint density at radius 3 is 2.92 bits per heavy atom. The summed E-state index contributed by atoms with van der Waals surface area (Å²) >= 11 is 0. The summed E-state index contributed by atoms with van der Waals surface area (Å²) in [7, 11) is 1.60. The number of fused-ring (bicyclic) bond motifs is 1. The van der Waals surface area contributed by atoms with Crippen LogP contribution >= 0.6 is 0 Å². The van der Waals surface area contributed by atoms with Gasteiger partial charge in [-0.2, -0.15) is 0 Å². The van der Waals surface area contributed by atoms with E-state index in [1.807, 2.05) is 0 Å². The minimum absolute atomic E-state index is 1.01. The quantitative estimate of drug-likeness (QED) is 0.600. The molecule has 0 aliphatic heterocycles. The van der Waals surface area contributed by atoms with Crippen LogP contribution in [0.1, 0.15) is 23.1 Å². The van der Waals surface area contributed by atoms with Crippen molar-refractivity contribution in [1.82, 2.24) is 0 Å². The number of benzene rings is 1. The van der Waals surface area contributed by atoms with Crippen molar-refractivity contribution in [3.8, 4) is 0 Å². The lowest BCUT2D eigenvalue weighted by Crippen LogP contribution is -1.94. The monoisotopic (exact) mass is 175 g/mol. The van der Waals surface area contributed by atoms with Gasteiger partial charge in [-0.05, 0) is 25.3 Å². The van der Waals surface area contributed by atoms with Gasteiger partial charge in [-0.25, -0.2) is 0 Å². The van der Waals surface area contributed by atoms with Crippen LogP contribution < -0.4 is 0 Å². The molecule has 0 aromatic heterocycles. The molecule has 0 amide bonds. The predicted octanol–water partition coefficient (Wildman–Crippen LogP) is 2.29. The van der Waals surface area contributed by atoms with E-state index in [4.69, 9.17) is 4.84 Å². The summed E-state index contributed by atoms with van der Waals surface area (Å²) in [6, 6.07) is 6.48. The third kappa shape index (κ3) is 1.44. The zero-order chi connectivity index (χ0) is 9.26. The molecule has 0 heterocycles. The first-order valence-electron chi connectivity index (χ1n) is 4.51. The summed E-state index contributed by atoms with van der Waals surface area (Å²) in [5.41, 5.74) is 5.05. The highest BCUT2D eigenvalue weighted by Crippen LogP contribution is 2.23. The van der Waals surface area contributed by atoms with E-state index in [1.165, 1.54) is 16.7 Å². The normalized spacial score (nSPS) is 17.5. The average molecular weight is 175 g/mol. The molecule has 0 saturated carbocycles. The van der Waals surface area contributed by atoms with Gasteiger partial charge in [0.15, 0.2) is 0 Å². The molecule has 68 valence electrons. The van der Waals surface area contributed by atoms with Crippen molar-refractivity contribution in [2.45, 2.75) is 19.8 Å². The molecule has 0 saturated heterocycles. The highest BCUT2D eigenvalue weighted by molar-refractivity contribution is 6.04. The smallest absolute Gasteiger partial charge is 0.106 e. The second kappa shape index (κ2) is 3.21. The van der Waals surface area contributed by atoms with Crippen molar-refractivity contribution in [3.05, 3.63) is 34.9 Å². The number of oxime groups is 1. The Morgan fingerprint density at radius 1 is 1.31 bits per heavy atom. The molecule has 2 heteroatoms. The molecule has 1 aliphatic carbocycles. The molecule has 1 aromatic rings. The molecule has 0 atom stereocenters. The van der Waals surface area contributed by atoms with E-state index < -0.39 is 0 Å². The van der Waals surface area contributed by atoms with E-state index in [1.54, 1.807) is 7.11 Å². The van der Waals surface area contributed by atoms with Gasteiger partial charge < -0.3 is 4.84 Å². The number of aryl methyl sites for hydroxylation is 2. The molecule has 0 fully saturated rings. The van der Waals surface area contributed by atoms with Crippen molar-refractivity contribution in [2.24, 2.45) is 5.16 Å². The van der Waals surface area contributed by atoms with Crippen LogP contribution in [0.15, 0.2) is 23.4 Å². The third-order valence-electron chi connectivity index (χ3n) is 2.40. The molecule has 2 nitrogen and oxygen atoms in total. The highest BCUT2D eigenvalue weighted by Gasteiger charge is 2.17. The maximum atomic E-state index is 4.80. The Balaban J connectivity index is 2.44. The topological polar surface area (TPSA) is 21.6 Å². The van der Waals surface area contributed by atoms with Gasteiger partial charge in [0.1, 0.15) is 7.11 Å². The lowest BCUT2D eigenvalue weighted by molar-refractivity contribution is 0.213. The van der Waals surface area contributed by atoms with Crippen LogP contribution in [0.2, 0.25) is 0 Å². The van der Waals surface area contributed by atoms with Gasteiger partial charge in [-0.15, -0.1) is 0 Å². The Morgan fingerprint density at radius 2 is 2.15 bits per heavy atom. The molecule has 1 aliphatic rings. The lowest BCUT2D eigenvalue weighted by atomic mass is 10.1.